The molecule has 0 saturated carbocycles. The predicted octanol–water partition coefficient (Wildman–Crippen LogP) is 2.68. The number of rotatable bonds is 5. The zero-order valence-electron chi connectivity index (χ0n) is 11.9. The van der Waals surface area contributed by atoms with Crippen molar-refractivity contribution >= 4 is 17.2 Å². The molecule has 1 amide bonds. The van der Waals surface area contributed by atoms with Crippen LogP contribution in [0.3, 0.4) is 0 Å². The molecule has 19 heavy (non-hydrogen) atoms. The molecule has 2 N–H and O–H groups in total. The van der Waals surface area contributed by atoms with E-state index >= 15 is 0 Å². The van der Waals surface area contributed by atoms with E-state index in [-0.39, 0.29) is 5.91 Å². The molecule has 0 radical (unpaired) electrons. The summed E-state index contributed by atoms with van der Waals surface area (Å²) in [5.41, 5.74) is 7.04. The molecule has 4 heteroatoms. The Hall–Kier alpha value is -0.870. The van der Waals surface area contributed by atoms with Gasteiger partial charge in [-0.05, 0) is 43.4 Å². The fourth-order valence-corrected chi connectivity index (χ4v) is 4.00. The van der Waals surface area contributed by atoms with Gasteiger partial charge >= 0.3 is 0 Å². The van der Waals surface area contributed by atoms with Crippen LogP contribution in [0.25, 0.3) is 0 Å². The summed E-state index contributed by atoms with van der Waals surface area (Å²) in [6.07, 6.45) is 4.30. The highest BCUT2D eigenvalue weighted by atomic mass is 32.1. The fourth-order valence-electron chi connectivity index (χ4n) is 2.68. The normalized spacial score (nSPS) is 19.1. The van der Waals surface area contributed by atoms with Gasteiger partial charge in [0.2, 0.25) is 0 Å². The zero-order valence-corrected chi connectivity index (χ0v) is 12.8. The van der Waals surface area contributed by atoms with Gasteiger partial charge in [0.15, 0.2) is 0 Å². The maximum absolute atomic E-state index is 12.5. The van der Waals surface area contributed by atoms with E-state index in [2.05, 4.69) is 19.9 Å². The number of carbonyl (C=O) groups excluding carboxylic acids is 1. The van der Waals surface area contributed by atoms with Gasteiger partial charge in [0.05, 0.1) is 4.88 Å². The molecule has 1 saturated heterocycles. The summed E-state index contributed by atoms with van der Waals surface area (Å²) in [6, 6.07) is 2.10. The summed E-state index contributed by atoms with van der Waals surface area (Å²) in [5, 5.41) is 0. The van der Waals surface area contributed by atoms with Crippen LogP contribution in [-0.4, -0.2) is 30.4 Å². The molecule has 0 spiro atoms. The van der Waals surface area contributed by atoms with E-state index in [4.69, 9.17) is 5.73 Å². The molecule has 0 bridgehead atoms. The lowest BCUT2D eigenvalue weighted by atomic mass is 10.1. The predicted molar refractivity (Wildman–Crippen MR) is 80.8 cm³/mol. The first-order chi connectivity index (χ1) is 9.19. The highest BCUT2D eigenvalue weighted by Gasteiger charge is 2.27. The Morgan fingerprint density at radius 3 is 2.89 bits per heavy atom. The summed E-state index contributed by atoms with van der Waals surface area (Å²) >= 11 is 1.69. The van der Waals surface area contributed by atoms with Crippen LogP contribution in [-0.2, 0) is 12.8 Å². The number of thiophene rings is 1. The van der Waals surface area contributed by atoms with Gasteiger partial charge in [0, 0.05) is 18.0 Å². The van der Waals surface area contributed by atoms with Gasteiger partial charge in [-0.15, -0.1) is 11.3 Å². The Morgan fingerprint density at radius 2 is 2.32 bits per heavy atom. The van der Waals surface area contributed by atoms with Gasteiger partial charge in [0.1, 0.15) is 0 Å². The summed E-state index contributed by atoms with van der Waals surface area (Å²) in [5.74, 6) is 0.697. The summed E-state index contributed by atoms with van der Waals surface area (Å²) in [6.45, 7) is 6.74. The van der Waals surface area contributed by atoms with E-state index in [1.165, 1.54) is 10.4 Å². The van der Waals surface area contributed by atoms with Crippen molar-refractivity contribution in [1.82, 2.24) is 4.90 Å². The molecule has 1 aliphatic heterocycles. The van der Waals surface area contributed by atoms with E-state index in [1.807, 2.05) is 4.90 Å². The molecule has 1 aliphatic rings. The van der Waals surface area contributed by atoms with Gasteiger partial charge in [-0.2, -0.15) is 0 Å². The van der Waals surface area contributed by atoms with Crippen molar-refractivity contribution in [3.63, 3.8) is 0 Å². The van der Waals surface area contributed by atoms with Crippen LogP contribution in [0.1, 0.15) is 46.8 Å². The van der Waals surface area contributed by atoms with Gasteiger partial charge in [-0.25, -0.2) is 0 Å². The van der Waals surface area contributed by atoms with Crippen molar-refractivity contribution in [2.45, 2.75) is 39.5 Å². The lowest BCUT2D eigenvalue weighted by molar-refractivity contribution is 0.0792. The van der Waals surface area contributed by atoms with Gasteiger partial charge < -0.3 is 10.6 Å². The van der Waals surface area contributed by atoms with Crippen molar-refractivity contribution in [3.8, 4) is 0 Å². The van der Waals surface area contributed by atoms with Crippen LogP contribution < -0.4 is 5.73 Å². The highest BCUT2D eigenvalue weighted by molar-refractivity contribution is 7.14. The number of aryl methyl sites for hydroxylation is 2. The van der Waals surface area contributed by atoms with E-state index in [1.54, 1.807) is 11.3 Å². The van der Waals surface area contributed by atoms with Gasteiger partial charge in [0.25, 0.3) is 5.91 Å². The van der Waals surface area contributed by atoms with Gasteiger partial charge in [-0.3, -0.25) is 4.79 Å². The van der Waals surface area contributed by atoms with Crippen LogP contribution in [0.15, 0.2) is 6.07 Å². The minimum atomic E-state index is 0.206. The highest BCUT2D eigenvalue weighted by Crippen LogP contribution is 2.27. The maximum atomic E-state index is 12.5. The second-order valence-electron chi connectivity index (χ2n) is 5.30. The Labute approximate surface area is 119 Å². The lowest BCUT2D eigenvalue weighted by Gasteiger charge is -2.14. The monoisotopic (exact) mass is 280 g/mol. The van der Waals surface area contributed by atoms with Crippen molar-refractivity contribution in [2.24, 2.45) is 11.7 Å². The molecule has 106 valence electrons. The third kappa shape index (κ3) is 3.18. The molecule has 0 aromatic carbocycles. The van der Waals surface area contributed by atoms with E-state index in [0.29, 0.717) is 12.5 Å². The second-order valence-corrected chi connectivity index (χ2v) is 6.44. The number of hydrogen-bond donors (Lipinski definition) is 1. The molecule has 3 nitrogen and oxygen atoms in total. The molecular formula is C15H24N2OS. The molecule has 1 atom stereocenters. The van der Waals surface area contributed by atoms with E-state index in [9.17, 15) is 4.79 Å². The largest absolute Gasteiger partial charge is 0.338 e. The van der Waals surface area contributed by atoms with E-state index < -0.39 is 0 Å². The van der Waals surface area contributed by atoms with Gasteiger partial charge in [-0.1, -0.05) is 20.3 Å². The third-order valence-electron chi connectivity index (χ3n) is 3.87. The standard InChI is InChI=1S/C15H24N2OS/c1-3-5-13-12(4-2)8-14(19-13)15(18)17-7-6-11(9-16)10-17/h8,11H,3-7,9-10,16H2,1-2H3. The quantitative estimate of drug-likeness (QED) is 0.901. The Balaban J connectivity index is 2.11. The molecule has 1 fully saturated rings. The van der Waals surface area contributed by atoms with Crippen LogP contribution in [0.2, 0.25) is 0 Å². The topological polar surface area (TPSA) is 46.3 Å². The maximum Gasteiger partial charge on any atom is 0.263 e. The first-order valence-electron chi connectivity index (χ1n) is 7.30. The van der Waals surface area contributed by atoms with Crippen LogP contribution in [0.5, 0.6) is 0 Å². The average molecular weight is 280 g/mol. The average Bonchev–Trinajstić information content (AvgIpc) is 3.04. The second kappa shape index (κ2) is 6.53. The SMILES string of the molecule is CCCc1sc(C(=O)N2CCC(CN)C2)cc1CC. The van der Waals surface area contributed by atoms with Crippen molar-refractivity contribution in [2.75, 3.05) is 19.6 Å². The molecular weight excluding hydrogens is 256 g/mol. The molecule has 2 heterocycles. The Bertz CT molecular complexity index is 441. The Kier molecular flexibility index (Phi) is 4.99. The van der Waals surface area contributed by atoms with Crippen molar-refractivity contribution in [1.29, 1.82) is 0 Å². The molecule has 0 aliphatic carbocycles. The molecule has 1 aromatic heterocycles. The number of nitrogens with two attached hydrogens (primary N) is 1. The Morgan fingerprint density at radius 1 is 1.53 bits per heavy atom. The third-order valence-corrected chi connectivity index (χ3v) is 5.10. The summed E-state index contributed by atoms with van der Waals surface area (Å²) in [4.78, 5) is 16.8. The van der Waals surface area contributed by atoms with E-state index in [0.717, 1.165) is 43.6 Å². The molecule has 2 rings (SSSR count). The zero-order chi connectivity index (χ0) is 13.8. The number of likely N-dealkylation sites (tertiary alicyclic amines) is 1. The minimum absolute atomic E-state index is 0.206. The van der Waals surface area contributed by atoms with Crippen molar-refractivity contribution in [3.05, 3.63) is 21.4 Å². The van der Waals surface area contributed by atoms with Crippen LogP contribution >= 0.6 is 11.3 Å². The first-order valence-corrected chi connectivity index (χ1v) is 8.12. The summed E-state index contributed by atoms with van der Waals surface area (Å²) in [7, 11) is 0. The smallest absolute Gasteiger partial charge is 0.263 e. The fraction of sp³-hybridized carbons (Fsp3) is 0.667. The number of carbonyl (C=O) groups is 1. The number of hydrogen-bond acceptors (Lipinski definition) is 3. The summed E-state index contributed by atoms with van der Waals surface area (Å²) < 4.78 is 0. The minimum Gasteiger partial charge on any atom is -0.338 e. The van der Waals surface area contributed by atoms with Crippen LogP contribution in [0, 0.1) is 5.92 Å². The van der Waals surface area contributed by atoms with Crippen molar-refractivity contribution < 1.29 is 4.79 Å². The number of amides is 1. The molecule has 1 unspecified atom stereocenters. The lowest BCUT2D eigenvalue weighted by Crippen LogP contribution is -2.29. The van der Waals surface area contributed by atoms with Crippen LogP contribution in [0.4, 0.5) is 0 Å². The molecule has 1 aromatic rings. The number of nitrogens with zero attached hydrogens (tertiary/aromatic N) is 1. The first kappa shape index (κ1) is 14.5.